The van der Waals surface area contributed by atoms with E-state index >= 15 is 0 Å². The third kappa shape index (κ3) is 2.71. The summed E-state index contributed by atoms with van der Waals surface area (Å²) in [5.74, 6) is 0. The van der Waals surface area contributed by atoms with Gasteiger partial charge in [-0.2, -0.15) is 0 Å². The third-order valence-corrected chi connectivity index (χ3v) is 2.97. The molecule has 0 aliphatic carbocycles. The van der Waals surface area contributed by atoms with Crippen LogP contribution in [0.5, 0.6) is 0 Å². The highest BCUT2D eigenvalue weighted by Crippen LogP contribution is 2.28. The van der Waals surface area contributed by atoms with Gasteiger partial charge in [-0.15, -0.1) is 0 Å². The first-order chi connectivity index (χ1) is 8.20. The Morgan fingerprint density at radius 2 is 1.88 bits per heavy atom. The molecule has 2 aromatic rings. The van der Waals surface area contributed by atoms with E-state index in [1.54, 1.807) is 6.07 Å². The second-order valence-corrected chi connectivity index (χ2v) is 4.28. The number of hydrogen-bond acceptors (Lipinski definition) is 2. The van der Waals surface area contributed by atoms with Crippen LogP contribution in [0.2, 0.25) is 5.02 Å². The Kier molecular flexibility index (Phi) is 3.55. The minimum Gasteiger partial charge on any atom is -0.399 e. The molecule has 88 valence electrons. The summed E-state index contributed by atoms with van der Waals surface area (Å²) in [5.41, 5.74) is 9.56. The van der Waals surface area contributed by atoms with Crippen molar-refractivity contribution in [3.8, 4) is 0 Å². The fraction of sp³-hybridized carbons (Fsp3) is 0.143. The fourth-order valence-corrected chi connectivity index (χ4v) is 1.96. The van der Waals surface area contributed by atoms with Crippen molar-refractivity contribution in [1.29, 1.82) is 0 Å². The molecule has 17 heavy (non-hydrogen) atoms. The lowest BCUT2D eigenvalue weighted by atomic mass is 10.1. The molecule has 0 aromatic heterocycles. The predicted octanol–water partition coefficient (Wildman–Crippen LogP) is 4.23. The molecule has 3 heteroatoms. The standard InChI is InChI=1S/C14H15ClN2/c1-2-10-5-3-4-6-13(10)17-14-8-7-11(16)9-12(14)15/h3-9,17H,2,16H2,1H3. The van der Waals surface area contributed by atoms with Crippen molar-refractivity contribution in [3.63, 3.8) is 0 Å². The number of nitrogen functional groups attached to an aromatic ring is 1. The summed E-state index contributed by atoms with van der Waals surface area (Å²) in [6.45, 7) is 2.13. The zero-order chi connectivity index (χ0) is 12.3. The highest BCUT2D eigenvalue weighted by Gasteiger charge is 2.03. The predicted molar refractivity (Wildman–Crippen MR) is 75.0 cm³/mol. The summed E-state index contributed by atoms with van der Waals surface area (Å²) >= 11 is 6.13. The molecule has 0 unspecified atom stereocenters. The molecule has 0 saturated heterocycles. The number of rotatable bonds is 3. The highest BCUT2D eigenvalue weighted by molar-refractivity contribution is 6.33. The topological polar surface area (TPSA) is 38.0 Å². The zero-order valence-electron chi connectivity index (χ0n) is 9.70. The SMILES string of the molecule is CCc1ccccc1Nc1ccc(N)cc1Cl. The van der Waals surface area contributed by atoms with E-state index in [2.05, 4.69) is 18.3 Å². The maximum absolute atomic E-state index is 6.13. The Hall–Kier alpha value is -1.67. The van der Waals surface area contributed by atoms with Gasteiger partial charge in [-0.1, -0.05) is 36.7 Å². The van der Waals surface area contributed by atoms with Gasteiger partial charge >= 0.3 is 0 Å². The van der Waals surface area contributed by atoms with Crippen molar-refractivity contribution in [1.82, 2.24) is 0 Å². The molecule has 0 saturated carbocycles. The summed E-state index contributed by atoms with van der Waals surface area (Å²) < 4.78 is 0. The average Bonchev–Trinajstić information content (AvgIpc) is 2.33. The van der Waals surface area contributed by atoms with Crippen LogP contribution in [0, 0.1) is 0 Å². The smallest absolute Gasteiger partial charge is 0.0661 e. The molecule has 0 atom stereocenters. The zero-order valence-corrected chi connectivity index (χ0v) is 10.5. The number of aryl methyl sites for hydroxylation is 1. The van der Waals surface area contributed by atoms with E-state index in [0.717, 1.165) is 17.8 Å². The Labute approximate surface area is 106 Å². The average molecular weight is 247 g/mol. The van der Waals surface area contributed by atoms with Gasteiger partial charge in [0.25, 0.3) is 0 Å². The lowest BCUT2D eigenvalue weighted by molar-refractivity contribution is 1.14. The Bertz CT molecular complexity index is 523. The van der Waals surface area contributed by atoms with E-state index in [9.17, 15) is 0 Å². The number of hydrogen-bond donors (Lipinski definition) is 2. The maximum Gasteiger partial charge on any atom is 0.0661 e. The molecular formula is C14H15ClN2. The maximum atomic E-state index is 6.13. The van der Waals surface area contributed by atoms with Crippen LogP contribution in [-0.2, 0) is 6.42 Å². The summed E-state index contributed by atoms with van der Waals surface area (Å²) in [6.07, 6.45) is 0.982. The quantitative estimate of drug-likeness (QED) is 0.796. The second kappa shape index (κ2) is 5.11. The van der Waals surface area contributed by atoms with E-state index in [4.69, 9.17) is 17.3 Å². The summed E-state index contributed by atoms with van der Waals surface area (Å²) in [5, 5.41) is 3.97. The van der Waals surface area contributed by atoms with Crippen molar-refractivity contribution in [2.24, 2.45) is 0 Å². The molecule has 3 N–H and O–H groups in total. The van der Waals surface area contributed by atoms with Gasteiger partial charge in [-0.05, 0) is 36.2 Å². The summed E-state index contributed by atoms with van der Waals surface area (Å²) in [6, 6.07) is 13.7. The van der Waals surface area contributed by atoms with E-state index in [0.29, 0.717) is 10.7 Å². The first-order valence-electron chi connectivity index (χ1n) is 5.60. The highest BCUT2D eigenvalue weighted by atomic mass is 35.5. The van der Waals surface area contributed by atoms with Crippen LogP contribution in [-0.4, -0.2) is 0 Å². The Morgan fingerprint density at radius 1 is 1.12 bits per heavy atom. The van der Waals surface area contributed by atoms with Crippen LogP contribution >= 0.6 is 11.6 Å². The van der Waals surface area contributed by atoms with Gasteiger partial charge in [-0.3, -0.25) is 0 Å². The number of halogens is 1. The van der Waals surface area contributed by atoms with Crippen molar-refractivity contribution < 1.29 is 0 Å². The van der Waals surface area contributed by atoms with Gasteiger partial charge in [0, 0.05) is 11.4 Å². The molecule has 0 spiro atoms. The second-order valence-electron chi connectivity index (χ2n) is 3.87. The third-order valence-electron chi connectivity index (χ3n) is 2.66. The fourth-order valence-electron chi connectivity index (χ4n) is 1.73. The summed E-state index contributed by atoms with van der Waals surface area (Å²) in [4.78, 5) is 0. The van der Waals surface area contributed by atoms with Crippen LogP contribution in [0.4, 0.5) is 17.1 Å². The molecule has 0 aliphatic rings. The summed E-state index contributed by atoms with van der Waals surface area (Å²) in [7, 11) is 0. The van der Waals surface area contributed by atoms with E-state index in [1.807, 2.05) is 30.3 Å². The van der Waals surface area contributed by atoms with Gasteiger partial charge in [0.1, 0.15) is 0 Å². The van der Waals surface area contributed by atoms with Gasteiger partial charge in [-0.25, -0.2) is 0 Å². The van der Waals surface area contributed by atoms with Crippen LogP contribution < -0.4 is 11.1 Å². The minimum absolute atomic E-state index is 0.635. The minimum atomic E-state index is 0.635. The number of nitrogens with two attached hydrogens (primary N) is 1. The molecule has 2 nitrogen and oxygen atoms in total. The first kappa shape index (κ1) is 11.8. The van der Waals surface area contributed by atoms with Crippen LogP contribution in [0.3, 0.4) is 0 Å². The van der Waals surface area contributed by atoms with Crippen molar-refractivity contribution >= 4 is 28.7 Å². The molecule has 0 radical (unpaired) electrons. The number of benzene rings is 2. The number of para-hydroxylation sites is 1. The van der Waals surface area contributed by atoms with Gasteiger partial charge in [0.05, 0.1) is 10.7 Å². The molecule has 0 fully saturated rings. The monoisotopic (exact) mass is 246 g/mol. The van der Waals surface area contributed by atoms with E-state index in [-0.39, 0.29) is 0 Å². The van der Waals surface area contributed by atoms with Crippen LogP contribution in [0.15, 0.2) is 42.5 Å². The lowest BCUT2D eigenvalue weighted by Gasteiger charge is -2.12. The normalized spacial score (nSPS) is 10.2. The van der Waals surface area contributed by atoms with Crippen LogP contribution in [0.25, 0.3) is 0 Å². The molecular weight excluding hydrogens is 232 g/mol. The molecule has 2 rings (SSSR count). The molecule has 0 bridgehead atoms. The largest absolute Gasteiger partial charge is 0.399 e. The van der Waals surface area contributed by atoms with E-state index < -0.39 is 0 Å². The lowest BCUT2D eigenvalue weighted by Crippen LogP contribution is -1.96. The Balaban J connectivity index is 2.31. The van der Waals surface area contributed by atoms with Gasteiger partial charge < -0.3 is 11.1 Å². The Morgan fingerprint density at radius 3 is 2.59 bits per heavy atom. The van der Waals surface area contributed by atoms with Crippen LogP contribution in [0.1, 0.15) is 12.5 Å². The van der Waals surface area contributed by atoms with E-state index in [1.165, 1.54) is 5.56 Å². The van der Waals surface area contributed by atoms with Crippen molar-refractivity contribution in [2.45, 2.75) is 13.3 Å². The number of anilines is 3. The van der Waals surface area contributed by atoms with Crippen molar-refractivity contribution in [2.75, 3.05) is 11.1 Å². The molecule has 2 aromatic carbocycles. The first-order valence-corrected chi connectivity index (χ1v) is 5.98. The number of nitrogens with one attached hydrogen (secondary N) is 1. The van der Waals surface area contributed by atoms with Gasteiger partial charge in [0.2, 0.25) is 0 Å². The molecule has 0 heterocycles. The van der Waals surface area contributed by atoms with Crippen molar-refractivity contribution in [3.05, 3.63) is 53.1 Å². The molecule has 0 amide bonds. The molecule has 0 aliphatic heterocycles. The van der Waals surface area contributed by atoms with Gasteiger partial charge in [0.15, 0.2) is 0 Å².